The molecule has 0 fully saturated rings. The lowest BCUT2D eigenvalue weighted by molar-refractivity contribution is 0.807. The van der Waals surface area contributed by atoms with E-state index in [1.807, 2.05) is 6.20 Å². The van der Waals surface area contributed by atoms with E-state index in [2.05, 4.69) is 39.5 Å². The van der Waals surface area contributed by atoms with Crippen molar-refractivity contribution in [3.63, 3.8) is 0 Å². The lowest BCUT2D eigenvalue weighted by Crippen LogP contribution is -2.08. The van der Waals surface area contributed by atoms with Crippen LogP contribution in [-0.2, 0) is 6.42 Å². The lowest BCUT2D eigenvalue weighted by atomic mass is 10.3. The second-order valence-electron chi connectivity index (χ2n) is 3.34. The molecule has 0 saturated carbocycles. The molecule has 15 heavy (non-hydrogen) atoms. The minimum absolute atomic E-state index is 0.163. The smallest absolute Gasteiger partial charge is 0.183 e. The van der Waals surface area contributed by atoms with Crippen molar-refractivity contribution in [3.05, 3.63) is 29.3 Å². The van der Waals surface area contributed by atoms with E-state index >= 15 is 0 Å². The Morgan fingerprint density at radius 3 is 3.07 bits per heavy atom. The molecule has 2 N–H and O–H groups in total. The molecule has 0 aliphatic rings. The van der Waals surface area contributed by atoms with Gasteiger partial charge in [-0.3, -0.25) is 0 Å². The summed E-state index contributed by atoms with van der Waals surface area (Å²) in [5.41, 5.74) is 1.13. The first-order chi connectivity index (χ1) is 7.29. The molecule has 5 heteroatoms. The first kappa shape index (κ1) is 10.2. The number of hydrogen-bond donors (Lipinski definition) is 2. The first-order valence-corrected chi connectivity index (χ1v) is 5.87. The topological polar surface area (TPSA) is 53.6 Å². The number of nitrogens with one attached hydrogen (secondary N) is 2. The predicted molar refractivity (Wildman–Crippen MR) is 62.1 cm³/mol. The fourth-order valence-corrected chi connectivity index (χ4v) is 2.19. The van der Waals surface area contributed by atoms with Gasteiger partial charge in [0.05, 0.1) is 11.7 Å². The van der Waals surface area contributed by atoms with Crippen LogP contribution in [0.1, 0.15) is 31.4 Å². The molecule has 2 aromatic heterocycles. The predicted octanol–water partition coefficient (Wildman–Crippen LogP) is 2.60. The van der Waals surface area contributed by atoms with Gasteiger partial charge in [0, 0.05) is 17.8 Å². The van der Waals surface area contributed by atoms with Crippen molar-refractivity contribution in [2.45, 2.75) is 26.3 Å². The average molecular weight is 222 g/mol. The van der Waals surface area contributed by atoms with Crippen molar-refractivity contribution in [1.82, 2.24) is 15.0 Å². The Labute approximate surface area is 92.8 Å². The Kier molecular flexibility index (Phi) is 3.01. The van der Waals surface area contributed by atoms with Crippen LogP contribution in [0.4, 0.5) is 5.13 Å². The molecule has 0 spiro atoms. The van der Waals surface area contributed by atoms with Gasteiger partial charge in [-0.2, -0.15) is 0 Å². The molecule has 0 bridgehead atoms. The maximum Gasteiger partial charge on any atom is 0.183 e. The van der Waals surface area contributed by atoms with Crippen molar-refractivity contribution >= 4 is 16.5 Å². The van der Waals surface area contributed by atoms with E-state index in [-0.39, 0.29) is 6.04 Å². The molecule has 1 atom stereocenters. The summed E-state index contributed by atoms with van der Waals surface area (Å²) >= 11 is 1.64. The van der Waals surface area contributed by atoms with E-state index in [4.69, 9.17) is 0 Å². The van der Waals surface area contributed by atoms with Gasteiger partial charge in [0.2, 0.25) is 0 Å². The fourth-order valence-electron chi connectivity index (χ4n) is 1.30. The summed E-state index contributed by atoms with van der Waals surface area (Å²) in [6.07, 6.45) is 4.56. The van der Waals surface area contributed by atoms with Crippen LogP contribution >= 0.6 is 11.3 Å². The Morgan fingerprint density at radius 1 is 1.60 bits per heavy atom. The number of H-pyrrole nitrogens is 1. The Balaban J connectivity index is 2.02. The van der Waals surface area contributed by atoms with Crippen LogP contribution in [0, 0.1) is 0 Å². The van der Waals surface area contributed by atoms with Crippen molar-refractivity contribution in [2.75, 3.05) is 5.32 Å². The highest BCUT2D eigenvalue weighted by atomic mass is 32.1. The standard InChI is InChI=1S/C10H14N4S/c1-3-8-6-15-10(14-8)13-7(2)9-11-4-5-12-9/h4-7H,3H2,1-2H3,(H,11,12)(H,13,14). The summed E-state index contributed by atoms with van der Waals surface area (Å²) in [6.45, 7) is 4.17. The van der Waals surface area contributed by atoms with Crippen LogP contribution in [-0.4, -0.2) is 15.0 Å². The van der Waals surface area contributed by atoms with Gasteiger partial charge in [-0.05, 0) is 13.3 Å². The van der Waals surface area contributed by atoms with E-state index in [0.717, 1.165) is 23.1 Å². The molecule has 2 aromatic rings. The first-order valence-electron chi connectivity index (χ1n) is 4.99. The maximum atomic E-state index is 4.44. The zero-order chi connectivity index (χ0) is 10.7. The zero-order valence-electron chi connectivity index (χ0n) is 8.82. The van der Waals surface area contributed by atoms with E-state index in [1.54, 1.807) is 17.5 Å². The number of thiazole rings is 1. The Morgan fingerprint density at radius 2 is 2.47 bits per heavy atom. The summed E-state index contributed by atoms with van der Waals surface area (Å²) in [7, 11) is 0. The summed E-state index contributed by atoms with van der Waals surface area (Å²) in [5.74, 6) is 0.934. The van der Waals surface area contributed by atoms with Gasteiger partial charge >= 0.3 is 0 Å². The third kappa shape index (κ3) is 2.36. The largest absolute Gasteiger partial charge is 0.352 e. The number of hydrogen-bond acceptors (Lipinski definition) is 4. The van der Waals surface area contributed by atoms with Crippen LogP contribution in [0.2, 0.25) is 0 Å². The van der Waals surface area contributed by atoms with Crippen LogP contribution in [0.15, 0.2) is 17.8 Å². The van der Waals surface area contributed by atoms with Crippen LogP contribution in [0.5, 0.6) is 0 Å². The number of nitrogens with zero attached hydrogens (tertiary/aromatic N) is 2. The quantitative estimate of drug-likeness (QED) is 0.836. The molecule has 1 unspecified atom stereocenters. The number of imidazole rings is 1. The molecule has 0 saturated heterocycles. The second kappa shape index (κ2) is 4.44. The van der Waals surface area contributed by atoms with Gasteiger partial charge < -0.3 is 10.3 Å². The van der Waals surface area contributed by atoms with E-state index in [1.165, 1.54) is 0 Å². The van der Waals surface area contributed by atoms with Crippen molar-refractivity contribution in [3.8, 4) is 0 Å². The number of aryl methyl sites for hydroxylation is 1. The third-order valence-electron chi connectivity index (χ3n) is 2.18. The number of aromatic amines is 1. The van der Waals surface area contributed by atoms with Gasteiger partial charge in [-0.25, -0.2) is 9.97 Å². The van der Waals surface area contributed by atoms with Gasteiger partial charge in [0.25, 0.3) is 0 Å². The van der Waals surface area contributed by atoms with Crippen molar-refractivity contribution in [2.24, 2.45) is 0 Å². The SMILES string of the molecule is CCc1csc(NC(C)c2ncc[nH]2)n1. The summed E-state index contributed by atoms with van der Waals surface area (Å²) < 4.78 is 0. The minimum Gasteiger partial charge on any atom is -0.352 e. The summed E-state index contributed by atoms with van der Waals surface area (Å²) in [4.78, 5) is 11.7. The summed E-state index contributed by atoms with van der Waals surface area (Å²) in [5, 5.41) is 6.35. The van der Waals surface area contributed by atoms with Crippen LogP contribution < -0.4 is 5.32 Å². The fraction of sp³-hybridized carbons (Fsp3) is 0.400. The zero-order valence-corrected chi connectivity index (χ0v) is 9.64. The van der Waals surface area contributed by atoms with Gasteiger partial charge in [0.1, 0.15) is 5.82 Å². The van der Waals surface area contributed by atoms with Crippen LogP contribution in [0.25, 0.3) is 0 Å². The highest BCUT2D eigenvalue weighted by Crippen LogP contribution is 2.20. The average Bonchev–Trinajstić information content (AvgIpc) is 2.87. The Hall–Kier alpha value is -1.36. The molecule has 4 nitrogen and oxygen atoms in total. The summed E-state index contributed by atoms with van der Waals surface area (Å²) in [6, 6.07) is 0.163. The molecule has 0 radical (unpaired) electrons. The molecular weight excluding hydrogens is 208 g/mol. The van der Waals surface area contributed by atoms with Crippen molar-refractivity contribution < 1.29 is 0 Å². The van der Waals surface area contributed by atoms with Gasteiger partial charge in [-0.1, -0.05) is 6.92 Å². The van der Waals surface area contributed by atoms with Gasteiger partial charge in [0.15, 0.2) is 5.13 Å². The van der Waals surface area contributed by atoms with Crippen LogP contribution in [0.3, 0.4) is 0 Å². The van der Waals surface area contributed by atoms with E-state index in [9.17, 15) is 0 Å². The van der Waals surface area contributed by atoms with Gasteiger partial charge in [-0.15, -0.1) is 11.3 Å². The monoisotopic (exact) mass is 222 g/mol. The lowest BCUT2D eigenvalue weighted by Gasteiger charge is -2.09. The molecular formula is C10H14N4S. The number of anilines is 1. The second-order valence-corrected chi connectivity index (χ2v) is 4.20. The maximum absolute atomic E-state index is 4.44. The molecule has 2 heterocycles. The molecule has 0 aromatic carbocycles. The van der Waals surface area contributed by atoms with Crippen molar-refractivity contribution in [1.29, 1.82) is 0 Å². The highest BCUT2D eigenvalue weighted by Gasteiger charge is 2.09. The third-order valence-corrected chi connectivity index (χ3v) is 3.01. The normalized spacial score (nSPS) is 12.7. The number of aromatic nitrogens is 3. The van der Waals surface area contributed by atoms with E-state index < -0.39 is 0 Å². The molecule has 0 amide bonds. The van der Waals surface area contributed by atoms with E-state index in [0.29, 0.717) is 0 Å². The Bertz CT molecular complexity index is 407. The molecule has 0 aliphatic carbocycles. The molecule has 0 aliphatic heterocycles. The number of rotatable bonds is 4. The molecule has 80 valence electrons. The molecule has 2 rings (SSSR count). The minimum atomic E-state index is 0.163. The highest BCUT2D eigenvalue weighted by molar-refractivity contribution is 7.13.